The normalized spacial score (nSPS) is 30.4. The Bertz CT molecular complexity index is 857. The second-order valence-electron chi connectivity index (χ2n) is 8.79. The molecule has 7 heteroatoms. The third-order valence-electron chi connectivity index (χ3n) is 6.75. The summed E-state index contributed by atoms with van der Waals surface area (Å²) in [7, 11) is 0. The van der Waals surface area contributed by atoms with Gasteiger partial charge < -0.3 is 4.74 Å². The number of hydrogen-bond donors (Lipinski definition) is 0. The topological polar surface area (TPSA) is 87.0 Å². The number of rotatable bonds is 6. The molecule has 0 amide bonds. The molecule has 1 heterocycles. The van der Waals surface area contributed by atoms with Crippen molar-refractivity contribution >= 4 is 11.8 Å². The fraction of sp³-hybridized carbons (Fsp3) is 0.571. The van der Waals surface area contributed by atoms with E-state index in [0.717, 1.165) is 24.8 Å². The van der Waals surface area contributed by atoms with E-state index in [1.807, 2.05) is 30.3 Å². The van der Waals surface area contributed by atoms with Crippen molar-refractivity contribution in [3.05, 3.63) is 30.3 Å². The van der Waals surface area contributed by atoms with Crippen molar-refractivity contribution in [1.29, 1.82) is 0 Å². The number of esters is 1. The molecule has 0 aliphatic heterocycles. The number of tetrazole rings is 1. The average Bonchev–Trinajstić information content (AvgIpc) is 3.14. The third-order valence-corrected chi connectivity index (χ3v) is 6.75. The van der Waals surface area contributed by atoms with Crippen molar-refractivity contribution < 1.29 is 14.3 Å². The van der Waals surface area contributed by atoms with Crippen LogP contribution in [0.5, 0.6) is 0 Å². The van der Waals surface area contributed by atoms with E-state index in [9.17, 15) is 9.59 Å². The summed E-state index contributed by atoms with van der Waals surface area (Å²) in [6, 6.07) is 9.44. The van der Waals surface area contributed by atoms with Crippen LogP contribution in [0, 0.1) is 23.2 Å². The van der Waals surface area contributed by atoms with E-state index in [1.165, 1.54) is 24.1 Å². The highest BCUT2D eigenvalue weighted by molar-refractivity contribution is 5.88. The van der Waals surface area contributed by atoms with E-state index < -0.39 is 5.97 Å². The lowest BCUT2D eigenvalue weighted by atomic mass is 9.48. The molecule has 4 fully saturated rings. The molecule has 7 nitrogen and oxygen atoms in total. The fourth-order valence-corrected chi connectivity index (χ4v) is 5.93. The molecule has 1 aromatic carbocycles. The zero-order valence-corrected chi connectivity index (χ0v) is 15.8. The van der Waals surface area contributed by atoms with Gasteiger partial charge >= 0.3 is 5.97 Å². The molecule has 4 bridgehead atoms. The van der Waals surface area contributed by atoms with Crippen LogP contribution in [0.25, 0.3) is 11.4 Å². The van der Waals surface area contributed by atoms with Crippen molar-refractivity contribution in [1.82, 2.24) is 20.2 Å². The van der Waals surface area contributed by atoms with Gasteiger partial charge in [0.05, 0.1) is 0 Å². The summed E-state index contributed by atoms with van der Waals surface area (Å²) in [4.78, 5) is 26.3. The number of carbonyl (C=O) groups is 2. The summed E-state index contributed by atoms with van der Waals surface area (Å²) in [5.41, 5.74) is 0.597. The van der Waals surface area contributed by atoms with Crippen molar-refractivity contribution in [2.24, 2.45) is 23.2 Å². The Morgan fingerprint density at radius 1 is 1.04 bits per heavy atom. The molecule has 0 saturated heterocycles. The number of benzene rings is 1. The smallest absolute Gasteiger partial charge is 0.330 e. The molecule has 4 saturated carbocycles. The summed E-state index contributed by atoms with van der Waals surface area (Å²) in [5, 5.41) is 12.1. The maximum absolute atomic E-state index is 12.9. The van der Waals surface area contributed by atoms with Gasteiger partial charge in [-0.25, -0.2) is 4.79 Å². The molecule has 6 rings (SSSR count). The predicted octanol–water partition coefficient (Wildman–Crippen LogP) is 2.67. The number of carbonyl (C=O) groups excluding carboxylic acids is 2. The first kappa shape index (κ1) is 17.5. The molecule has 0 spiro atoms. The van der Waals surface area contributed by atoms with Crippen LogP contribution < -0.4 is 0 Å². The molecule has 146 valence electrons. The lowest BCUT2D eigenvalue weighted by Crippen LogP contribution is -2.51. The van der Waals surface area contributed by atoms with E-state index in [-0.39, 0.29) is 24.3 Å². The molecule has 2 aromatic rings. The molecular formula is C21H24N4O3. The number of aromatic nitrogens is 4. The number of hydrogen-bond acceptors (Lipinski definition) is 6. The SMILES string of the molecule is O=C(Cn1nnc(-c2ccccc2)n1)OCC(=O)C12CC3CC(CC(C3)C1)C2. The molecule has 28 heavy (non-hydrogen) atoms. The zero-order chi connectivity index (χ0) is 19.1. The maximum atomic E-state index is 12.9. The highest BCUT2D eigenvalue weighted by Crippen LogP contribution is 2.60. The van der Waals surface area contributed by atoms with Gasteiger partial charge in [0.15, 0.2) is 18.9 Å². The first-order valence-electron chi connectivity index (χ1n) is 10.1. The molecule has 0 unspecified atom stereocenters. The molecule has 4 aliphatic rings. The Hall–Kier alpha value is -2.57. The van der Waals surface area contributed by atoms with Crippen LogP contribution in [0.2, 0.25) is 0 Å². The Morgan fingerprint density at radius 2 is 1.68 bits per heavy atom. The number of nitrogens with zero attached hydrogens (tertiary/aromatic N) is 4. The van der Waals surface area contributed by atoms with Gasteiger partial charge in [0.1, 0.15) is 0 Å². The quantitative estimate of drug-likeness (QED) is 0.716. The van der Waals surface area contributed by atoms with Gasteiger partial charge in [0.25, 0.3) is 0 Å². The lowest BCUT2D eigenvalue weighted by molar-refractivity contribution is -0.158. The summed E-state index contributed by atoms with van der Waals surface area (Å²) in [5.74, 6) is 2.15. The largest absolute Gasteiger partial charge is 0.456 e. The summed E-state index contributed by atoms with van der Waals surface area (Å²) < 4.78 is 5.30. The van der Waals surface area contributed by atoms with Gasteiger partial charge in [0.2, 0.25) is 5.82 Å². The minimum atomic E-state index is -0.505. The minimum Gasteiger partial charge on any atom is -0.456 e. The van der Waals surface area contributed by atoms with Crippen molar-refractivity contribution in [2.45, 2.75) is 45.1 Å². The highest BCUT2D eigenvalue weighted by Gasteiger charge is 2.54. The third kappa shape index (κ3) is 3.23. The molecular weight excluding hydrogens is 356 g/mol. The van der Waals surface area contributed by atoms with E-state index in [1.54, 1.807) is 0 Å². The summed E-state index contributed by atoms with van der Waals surface area (Å²) in [6.07, 6.45) is 6.82. The second-order valence-corrected chi connectivity index (χ2v) is 8.79. The van der Waals surface area contributed by atoms with E-state index >= 15 is 0 Å². The molecule has 1 aromatic heterocycles. The number of Topliss-reactive ketones (excluding diaryl/α,β-unsaturated/α-hetero) is 1. The Kier molecular flexibility index (Phi) is 4.25. The monoisotopic (exact) mass is 380 g/mol. The zero-order valence-electron chi connectivity index (χ0n) is 15.8. The van der Waals surface area contributed by atoms with Crippen LogP contribution in [0.4, 0.5) is 0 Å². The van der Waals surface area contributed by atoms with E-state index in [0.29, 0.717) is 23.6 Å². The fourth-order valence-electron chi connectivity index (χ4n) is 5.93. The van der Waals surface area contributed by atoms with Gasteiger partial charge in [-0.2, -0.15) is 4.80 Å². The van der Waals surface area contributed by atoms with Crippen LogP contribution in [0.15, 0.2) is 30.3 Å². The van der Waals surface area contributed by atoms with Crippen LogP contribution >= 0.6 is 0 Å². The first-order valence-corrected chi connectivity index (χ1v) is 10.1. The van der Waals surface area contributed by atoms with Crippen LogP contribution in [0.1, 0.15) is 38.5 Å². The molecule has 0 N–H and O–H groups in total. The number of ketones is 1. The van der Waals surface area contributed by atoms with Gasteiger partial charge in [-0.3, -0.25) is 4.79 Å². The van der Waals surface area contributed by atoms with Gasteiger partial charge in [-0.1, -0.05) is 30.3 Å². The molecule has 0 radical (unpaired) electrons. The predicted molar refractivity (Wildman–Crippen MR) is 99.8 cm³/mol. The highest BCUT2D eigenvalue weighted by atomic mass is 16.5. The lowest BCUT2D eigenvalue weighted by Gasteiger charge is -2.55. The minimum absolute atomic E-state index is 0.108. The second kappa shape index (κ2) is 6.79. The first-order chi connectivity index (χ1) is 13.6. The van der Waals surface area contributed by atoms with E-state index in [2.05, 4.69) is 15.4 Å². The number of ether oxygens (including phenoxy) is 1. The van der Waals surface area contributed by atoms with Crippen LogP contribution in [-0.4, -0.2) is 38.6 Å². The Labute approximate surface area is 163 Å². The molecule has 4 aliphatic carbocycles. The van der Waals surface area contributed by atoms with Crippen LogP contribution in [0.3, 0.4) is 0 Å². The van der Waals surface area contributed by atoms with Crippen molar-refractivity contribution in [3.8, 4) is 11.4 Å². The Balaban J connectivity index is 1.17. The Morgan fingerprint density at radius 3 is 2.32 bits per heavy atom. The van der Waals surface area contributed by atoms with Crippen molar-refractivity contribution in [3.63, 3.8) is 0 Å². The van der Waals surface area contributed by atoms with Gasteiger partial charge in [-0.05, 0) is 61.5 Å². The van der Waals surface area contributed by atoms with Gasteiger partial charge in [0, 0.05) is 11.0 Å². The summed E-state index contributed by atoms with van der Waals surface area (Å²) >= 11 is 0. The van der Waals surface area contributed by atoms with Gasteiger partial charge in [-0.15, -0.1) is 10.2 Å². The van der Waals surface area contributed by atoms with Crippen molar-refractivity contribution in [2.75, 3.05) is 6.61 Å². The average molecular weight is 380 g/mol. The van der Waals surface area contributed by atoms with E-state index in [4.69, 9.17) is 4.74 Å². The maximum Gasteiger partial charge on any atom is 0.330 e. The molecule has 0 atom stereocenters. The standard InChI is InChI=1S/C21H24N4O3/c26-18(21-9-14-6-15(10-21)8-16(7-14)11-21)13-28-19(27)12-25-23-20(22-24-25)17-4-2-1-3-5-17/h1-5,14-16H,6-13H2. The summed E-state index contributed by atoms with van der Waals surface area (Å²) in [6.45, 7) is -0.279. The van der Waals surface area contributed by atoms with Crippen LogP contribution in [-0.2, 0) is 20.9 Å².